The number of epoxide rings is 1. The third kappa shape index (κ3) is 60.4. The second-order valence-electron chi connectivity index (χ2n) is 28.0. The number of carbonyl (C=O) groups excluding carboxylic acids is 4. The van der Waals surface area contributed by atoms with Crippen molar-refractivity contribution in [2.75, 3.05) is 59.5 Å². The van der Waals surface area contributed by atoms with Crippen molar-refractivity contribution < 1.29 is 86.3 Å². The van der Waals surface area contributed by atoms with Crippen molar-refractivity contribution in [2.24, 2.45) is 0 Å². The van der Waals surface area contributed by atoms with Crippen molar-refractivity contribution in [1.82, 2.24) is 0 Å². The van der Waals surface area contributed by atoms with Gasteiger partial charge in [-0.2, -0.15) is 0 Å². The number of aliphatic carboxylic acids is 1. The number of unbranched alkanes of at least 4 members (excludes halogenated alkanes) is 18. The minimum atomic E-state index is -0.764. The number of aliphatic hydroxyl groups is 1. The van der Waals surface area contributed by atoms with Crippen LogP contribution in [-0.2, 0) is 76.1 Å². The van der Waals surface area contributed by atoms with Crippen LogP contribution in [0, 0.1) is 0 Å². The van der Waals surface area contributed by atoms with Gasteiger partial charge < -0.3 is 62.3 Å². The van der Waals surface area contributed by atoms with Crippen molar-refractivity contribution in [3.8, 4) is 0 Å². The molecule has 0 bridgehead atoms. The number of carboxylic acids is 1. The van der Waals surface area contributed by atoms with Crippen LogP contribution in [0.3, 0.4) is 0 Å². The topological polar surface area (TPSA) is 231 Å². The van der Waals surface area contributed by atoms with Gasteiger partial charge in [-0.05, 0) is 104 Å². The van der Waals surface area contributed by atoms with Crippen LogP contribution in [0.25, 0.3) is 0 Å². The summed E-state index contributed by atoms with van der Waals surface area (Å²) >= 11 is 0. The first kappa shape index (κ1) is 99.6. The Bertz CT molecular complexity index is 1950. The molecule has 5 aliphatic heterocycles. The zero-order valence-corrected chi connectivity index (χ0v) is 66.6. The molecule has 4 unspecified atom stereocenters. The number of Topliss-reactive ketones (excluding diaryl/α,β-unsaturated/α-hetero) is 2. The number of esters is 2. The lowest BCUT2D eigenvalue weighted by Gasteiger charge is -2.28. The number of ketones is 2. The van der Waals surface area contributed by atoms with E-state index in [1.165, 1.54) is 136 Å². The summed E-state index contributed by atoms with van der Waals surface area (Å²) in [6.45, 7) is 39.1. The predicted molar refractivity (Wildman–Crippen MR) is 408 cm³/mol. The fourth-order valence-electron chi connectivity index (χ4n) is 12.0. The minimum Gasteiger partial charge on any atom is -0.481 e. The number of rotatable bonds is 53. The van der Waals surface area contributed by atoms with Crippen LogP contribution < -0.4 is 0 Å². The largest absolute Gasteiger partial charge is 0.481 e. The number of hydrogen-bond acceptors (Lipinski definition) is 17. The van der Waals surface area contributed by atoms with Crippen LogP contribution in [0.5, 0.6) is 0 Å². The molecule has 2 N–H and O–H groups in total. The summed E-state index contributed by atoms with van der Waals surface area (Å²) < 4.78 is 61.6. The van der Waals surface area contributed by atoms with Gasteiger partial charge in [0.25, 0.3) is 0 Å². The summed E-state index contributed by atoms with van der Waals surface area (Å²) in [5.41, 5.74) is 0. The van der Waals surface area contributed by atoms with Crippen LogP contribution in [0.2, 0.25) is 0 Å². The molecular formula is C83H154O18. The van der Waals surface area contributed by atoms with Crippen molar-refractivity contribution in [2.45, 2.75) is 406 Å². The average Bonchev–Trinajstić information content (AvgIpc) is 1.77. The van der Waals surface area contributed by atoms with E-state index in [1.54, 1.807) is 6.08 Å². The maximum absolute atomic E-state index is 11.5. The smallest absolute Gasteiger partial charge is 0.303 e. The zero-order valence-electron chi connectivity index (χ0n) is 66.6. The van der Waals surface area contributed by atoms with Gasteiger partial charge in [0.1, 0.15) is 11.6 Å². The molecule has 18 nitrogen and oxygen atoms in total. The van der Waals surface area contributed by atoms with Gasteiger partial charge in [-0.25, -0.2) is 0 Å². The summed E-state index contributed by atoms with van der Waals surface area (Å²) in [5, 5.41) is 17.3. The van der Waals surface area contributed by atoms with Crippen molar-refractivity contribution in [1.29, 1.82) is 0 Å². The van der Waals surface area contributed by atoms with Crippen LogP contribution in [-0.4, -0.2) is 147 Å². The first-order valence-corrected chi connectivity index (χ1v) is 40.4. The lowest BCUT2D eigenvalue weighted by Crippen LogP contribution is -2.31. The molecule has 18 heteroatoms. The monoisotopic (exact) mass is 1440 g/mol. The summed E-state index contributed by atoms with van der Waals surface area (Å²) in [4.78, 5) is 53.8. The fraction of sp³-hybridized carbons (Fsp3) is 0.867. The zero-order chi connectivity index (χ0) is 75.6. The molecule has 4 atom stereocenters. The number of allylic oxidation sites excluding steroid dienone is 3. The first-order valence-electron chi connectivity index (χ1n) is 40.4. The van der Waals surface area contributed by atoms with E-state index in [4.69, 9.17) is 57.2 Å². The Hall–Kier alpha value is -3.43. The number of aliphatic hydroxyl groups excluding tert-OH is 1. The van der Waals surface area contributed by atoms with E-state index in [0.29, 0.717) is 70.4 Å². The van der Waals surface area contributed by atoms with Crippen LogP contribution in [0.4, 0.5) is 0 Å². The van der Waals surface area contributed by atoms with E-state index in [1.807, 2.05) is 32.9 Å². The molecule has 0 spiro atoms. The fourth-order valence-corrected chi connectivity index (χ4v) is 12.0. The second kappa shape index (κ2) is 67.2. The highest BCUT2D eigenvalue weighted by Gasteiger charge is 2.40. The highest BCUT2D eigenvalue weighted by molar-refractivity contribution is 5.78. The highest BCUT2D eigenvalue weighted by atomic mass is 16.8. The Kier molecular flexibility index (Phi) is 66.3. The Morgan fingerprint density at radius 1 is 0.396 bits per heavy atom. The highest BCUT2D eigenvalue weighted by Crippen LogP contribution is 2.36. The van der Waals surface area contributed by atoms with Gasteiger partial charge in [0, 0.05) is 97.3 Å². The standard InChI is InChI=1S/C15H28O4.C13H24O3.C13H26O3.C13H24O3.C13H24O2.C11H20O.C5H8O2/c1-4-5-6-7-9-15(17-11-12-18-15)10-8-13(2)19-14(3)16;1-2-3-4-5-7-13(15-9-10-16-13)8-6-12-11-14-12;1-3-4-5-6-8-13(9-7-12(2)14)15-10-11-16-13;1-4-5-6-7-8-13(15)10-9-11(2)16-12(3)14;1-3-5-7-8-10-13(9-6-4-2)14-11-12-15-13;1-3-5-7-8-10-11(12)9-6-4-2;1-2-3-4-5(6)7/h13H,4-12H2,1-3H3;12H,2-11H2,1H3;12,14H,3-11H2,1-2H3;11H,4-10H2,1-3H3;4H,2-3,5-12H2,1H3;4H,2-3,5-10H2,1H3;2H,1,3-4H2,(H,6,7). The number of carboxylic acid groups (broad SMARTS) is 1. The van der Waals surface area contributed by atoms with Gasteiger partial charge in [0.05, 0.1) is 83.9 Å². The van der Waals surface area contributed by atoms with E-state index >= 15 is 0 Å². The van der Waals surface area contributed by atoms with Crippen LogP contribution >= 0.6 is 0 Å². The summed E-state index contributed by atoms with van der Waals surface area (Å²) in [5.74, 6) is -1.93. The summed E-state index contributed by atoms with van der Waals surface area (Å²) in [6.07, 6.45) is 50.8. The Morgan fingerprint density at radius 3 is 1.01 bits per heavy atom. The number of ether oxygens (including phenoxy) is 11. The van der Waals surface area contributed by atoms with E-state index < -0.39 is 11.8 Å². The number of hydrogen-bond donors (Lipinski definition) is 2. The quantitative estimate of drug-likeness (QED) is 0.0249. The lowest BCUT2D eigenvalue weighted by atomic mass is 10.0. The molecule has 0 aliphatic carbocycles. The molecule has 0 aromatic carbocycles. The molecule has 0 radical (unpaired) electrons. The molecule has 101 heavy (non-hydrogen) atoms. The van der Waals surface area contributed by atoms with Crippen LogP contribution in [0.1, 0.15) is 359 Å². The molecule has 0 aromatic heterocycles. The van der Waals surface area contributed by atoms with Gasteiger partial charge in [-0.1, -0.05) is 175 Å². The molecule has 0 amide bonds. The van der Waals surface area contributed by atoms with E-state index in [2.05, 4.69) is 61.3 Å². The molecule has 5 rings (SSSR count). The van der Waals surface area contributed by atoms with Crippen molar-refractivity contribution in [3.05, 3.63) is 38.0 Å². The Balaban J connectivity index is 0. The summed E-state index contributed by atoms with van der Waals surface area (Å²) in [7, 11) is 0. The van der Waals surface area contributed by atoms with Crippen LogP contribution in [0.15, 0.2) is 38.0 Å². The Labute approximate surface area is 616 Å². The maximum atomic E-state index is 11.5. The minimum absolute atomic E-state index is 0.0715. The molecule has 0 saturated carbocycles. The molecule has 5 heterocycles. The third-order valence-electron chi connectivity index (χ3n) is 18.1. The van der Waals surface area contributed by atoms with E-state index in [9.17, 15) is 29.1 Å². The van der Waals surface area contributed by atoms with Crippen molar-refractivity contribution >= 4 is 29.5 Å². The van der Waals surface area contributed by atoms with Gasteiger partial charge in [-0.15, -0.1) is 19.7 Å². The third-order valence-corrected chi connectivity index (χ3v) is 18.1. The first-order chi connectivity index (χ1) is 48.6. The van der Waals surface area contributed by atoms with Crippen molar-refractivity contribution in [3.63, 3.8) is 0 Å². The normalized spacial score (nSPS) is 17.8. The van der Waals surface area contributed by atoms with E-state index in [-0.39, 0.29) is 59.8 Å². The molecule has 5 fully saturated rings. The second-order valence-corrected chi connectivity index (χ2v) is 28.0. The van der Waals surface area contributed by atoms with Gasteiger partial charge in [0.15, 0.2) is 23.1 Å². The maximum Gasteiger partial charge on any atom is 0.303 e. The van der Waals surface area contributed by atoms with Gasteiger partial charge in [-0.3, -0.25) is 24.0 Å². The Morgan fingerprint density at radius 2 is 0.703 bits per heavy atom. The van der Waals surface area contributed by atoms with E-state index in [0.717, 1.165) is 155 Å². The number of carbonyl (C=O) groups is 5. The lowest BCUT2D eigenvalue weighted by molar-refractivity contribution is -0.174. The SMILES string of the molecule is C=CCCC(=O)CCCCCC.C=CCCC(=O)O.C=CCCC1(CCCCCC)OCCO1.CCCCCCC(=O)CCC(C)OC(C)=O.CCCCCCC1(CCC(C)O)OCCO1.CCCCCCC1(CCC(C)OC(C)=O)OCCO1.CCCCCCC1(CCC2CO2)OCCO1. The summed E-state index contributed by atoms with van der Waals surface area (Å²) in [6, 6.07) is 0. The molecule has 5 aliphatic rings. The van der Waals surface area contributed by atoms with Gasteiger partial charge >= 0.3 is 17.9 Å². The molecule has 5 saturated heterocycles. The average molecular weight is 1440 g/mol. The molecular weight excluding hydrogens is 1280 g/mol. The predicted octanol–water partition coefficient (Wildman–Crippen LogP) is 20.6. The molecule has 0 aromatic rings. The molecule has 594 valence electrons. The van der Waals surface area contributed by atoms with Gasteiger partial charge in [0.2, 0.25) is 0 Å².